The van der Waals surface area contributed by atoms with Crippen LogP contribution in [0.4, 0.5) is 0 Å². The highest BCUT2D eigenvalue weighted by molar-refractivity contribution is 5.98. The van der Waals surface area contributed by atoms with Crippen LogP contribution in [0.1, 0.15) is 38.5 Å². The highest BCUT2D eigenvalue weighted by atomic mass is 16.2. The van der Waals surface area contributed by atoms with Gasteiger partial charge < -0.3 is 5.32 Å². The van der Waals surface area contributed by atoms with Crippen molar-refractivity contribution < 1.29 is 9.59 Å². The number of imide groups is 1. The van der Waals surface area contributed by atoms with Gasteiger partial charge in [-0.05, 0) is 50.1 Å². The molecule has 0 aromatic carbocycles. The lowest BCUT2D eigenvalue weighted by molar-refractivity contribution is -0.154. The predicted molar refractivity (Wildman–Crippen MR) is 63.2 cm³/mol. The number of rotatable bonds is 2. The Balaban J connectivity index is 1.69. The van der Waals surface area contributed by atoms with Crippen LogP contribution in [0.2, 0.25) is 0 Å². The first-order valence-corrected chi connectivity index (χ1v) is 6.72. The number of nitrogens with zero attached hydrogens (tertiary/aromatic N) is 1. The molecule has 17 heavy (non-hydrogen) atoms. The Morgan fingerprint density at radius 2 is 1.71 bits per heavy atom. The number of carbonyl (C=O) groups is 2. The van der Waals surface area contributed by atoms with E-state index in [0.29, 0.717) is 25.3 Å². The Kier molecular flexibility index (Phi) is 2.69. The average Bonchev–Trinajstić information content (AvgIpc) is 3.08. The SMILES string of the molecule is O=C1CC2(CCNCC2)CC(=O)N1CC1CC1. The van der Waals surface area contributed by atoms with E-state index in [4.69, 9.17) is 0 Å². The molecule has 0 radical (unpaired) electrons. The summed E-state index contributed by atoms with van der Waals surface area (Å²) in [7, 11) is 0. The topological polar surface area (TPSA) is 49.4 Å². The maximum absolute atomic E-state index is 12.1. The second-order valence-electron chi connectivity index (χ2n) is 5.95. The number of carbonyl (C=O) groups excluding carboxylic acids is 2. The van der Waals surface area contributed by atoms with Gasteiger partial charge >= 0.3 is 0 Å². The van der Waals surface area contributed by atoms with E-state index in [1.54, 1.807) is 0 Å². The maximum Gasteiger partial charge on any atom is 0.229 e. The average molecular weight is 236 g/mol. The van der Waals surface area contributed by atoms with E-state index in [9.17, 15) is 9.59 Å². The molecule has 0 unspecified atom stereocenters. The first-order chi connectivity index (χ1) is 8.19. The van der Waals surface area contributed by atoms with Gasteiger partial charge in [-0.2, -0.15) is 0 Å². The summed E-state index contributed by atoms with van der Waals surface area (Å²) in [6, 6.07) is 0. The number of hydrogen-bond donors (Lipinski definition) is 1. The van der Waals surface area contributed by atoms with Gasteiger partial charge in [0.2, 0.25) is 11.8 Å². The zero-order valence-corrected chi connectivity index (χ0v) is 10.2. The molecule has 4 nitrogen and oxygen atoms in total. The summed E-state index contributed by atoms with van der Waals surface area (Å²) in [5.74, 6) is 0.759. The van der Waals surface area contributed by atoms with E-state index in [2.05, 4.69) is 5.32 Å². The van der Waals surface area contributed by atoms with Crippen LogP contribution in [0.5, 0.6) is 0 Å². The van der Waals surface area contributed by atoms with E-state index >= 15 is 0 Å². The van der Waals surface area contributed by atoms with Crippen molar-refractivity contribution in [3.63, 3.8) is 0 Å². The van der Waals surface area contributed by atoms with Gasteiger partial charge in [-0.25, -0.2) is 0 Å². The Morgan fingerprint density at radius 3 is 2.24 bits per heavy atom. The highest BCUT2D eigenvalue weighted by Gasteiger charge is 2.45. The quantitative estimate of drug-likeness (QED) is 0.725. The van der Waals surface area contributed by atoms with Crippen molar-refractivity contribution in [3.8, 4) is 0 Å². The molecule has 2 amide bonds. The van der Waals surface area contributed by atoms with Crippen molar-refractivity contribution in [2.75, 3.05) is 19.6 Å². The zero-order valence-electron chi connectivity index (χ0n) is 10.2. The van der Waals surface area contributed by atoms with Gasteiger partial charge in [-0.1, -0.05) is 0 Å². The number of likely N-dealkylation sites (tertiary alicyclic amines) is 1. The molecule has 0 aromatic rings. The standard InChI is InChI=1S/C13H20N2O2/c16-11-7-13(3-5-14-6-4-13)8-12(17)15(11)9-10-1-2-10/h10,14H,1-9H2. The van der Waals surface area contributed by atoms with Gasteiger partial charge in [0.05, 0.1) is 0 Å². The molecular weight excluding hydrogens is 216 g/mol. The molecule has 0 aromatic heterocycles. The summed E-state index contributed by atoms with van der Waals surface area (Å²) < 4.78 is 0. The first kappa shape index (κ1) is 11.2. The highest BCUT2D eigenvalue weighted by Crippen LogP contribution is 2.41. The molecule has 2 heterocycles. The fourth-order valence-electron chi connectivity index (χ4n) is 3.11. The van der Waals surface area contributed by atoms with Gasteiger partial charge in [-0.15, -0.1) is 0 Å². The van der Waals surface area contributed by atoms with Crippen molar-refractivity contribution in [3.05, 3.63) is 0 Å². The van der Waals surface area contributed by atoms with Crippen LogP contribution >= 0.6 is 0 Å². The molecule has 3 fully saturated rings. The molecule has 94 valence electrons. The minimum atomic E-state index is -0.0144. The maximum atomic E-state index is 12.1. The lowest BCUT2D eigenvalue weighted by Gasteiger charge is -2.42. The minimum Gasteiger partial charge on any atom is -0.317 e. The molecule has 3 rings (SSSR count). The Morgan fingerprint density at radius 1 is 1.12 bits per heavy atom. The molecule has 1 aliphatic carbocycles. The van der Waals surface area contributed by atoms with Crippen molar-refractivity contribution in [2.24, 2.45) is 11.3 Å². The second kappa shape index (κ2) is 4.09. The lowest BCUT2D eigenvalue weighted by Crippen LogP contribution is -2.51. The van der Waals surface area contributed by atoms with Crippen LogP contribution in [0.25, 0.3) is 0 Å². The summed E-state index contributed by atoms with van der Waals surface area (Å²) in [5, 5.41) is 3.30. The van der Waals surface area contributed by atoms with E-state index in [0.717, 1.165) is 25.9 Å². The van der Waals surface area contributed by atoms with Crippen molar-refractivity contribution in [2.45, 2.75) is 38.5 Å². The minimum absolute atomic E-state index is 0.0144. The van der Waals surface area contributed by atoms with E-state index in [1.165, 1.54) is 17.7 Å². The summed E-state index contributed by atoms with van der Waals surface area (Å²) >= 11 is 0. The molecule has 1 N–H and O–H groups in total. The zero-order chi connectivity index (χ0) is 11.9. The predicted octanol–water partition coefficient (Wildman–Crippen LogP) is 0.915. The van der Waals surface area contributed by atoms with Gasteiger partial charge in [0.15, 0.2) is 0 Å². The van der Waals surface area contributed by atoms with Crippen LogP contribution in [-0.2, 0) is 9.59 Å². The molecule has 1 saturated carbocycles. The molecule has 0 bridgehead atoms. The number of piperidine rings is 2. The summed E-state index contributed by atoms with van der Waals surface area (Å²) in [4.78, 5) is 25.8. The largest absolute Gasteiger partial charge is 0.317 e. The second-order valence-corrected chi connectivity index (χ2v) is 5.95. The fraction of sp³-hybridized carbons (Fsp3) is 0.846. The van der Waals surface area contributed by atoms with E-state index in [-0.39, 0.29) is 17.2 Å². The first-order valence-electron chi connectivity index (χ1n) is 6.72. The van der Waals surface area contributed by atoms with Crippen LogP contribution < -0.4 is 5.32 Å². The van der Waals surface area contributed by atoms with Crippen LogP contribution in [-0.4, -0.2) is 36.3 Å². The van der Waals surface area contributed by atoms with Crippen molar-refractivity contribution >= 4 is 11.8 Å². The lowest BCUT2D eigenvalue weighted by atomic mass is 9.71. The normalized spacial score (nSPS) is 28.8. The van der Waals surface area contributed by atoms with Crippen LogP contribution in [0, 0.1) is 11.3 Å². The molecular formula is C13H20N2O2. The summed E-state index contributed by atoms with van der Waals surface area (Å²) in [6.45, 7) is 2.58. The third-order valence-electron chi connectivity index (χ3n) is 4.46. The third kappa shape index (κ3) is 2.23. The Labute approximate surface area is 102 Å². The number of hydrogen-bond acceptors (Lipinski definition) is 3. The van der Waals surface area contributed by atoms with E-state index in [1.807, 2.05) is 0 Å². The molecule has 0 atom stereocenters. The number of amides is 2. The number of nitrogens with one attached hydrogen (secondary N) is 1. The molecule has 4 heteroatoms. The molecule has 2 aliphatic heterocycles. The van der Waals surface area contributed by atoms with Gasteiger partial charge in [0.1, 0.15) is 0 Å². The van der Waals surface area contributed by atoms with Crippen molar-refractivity contribution in [1.29, 1.82) is 0 Å². The monoisotopic (exact) mass is 236 g/mol. The van der Waals surface area contributed by atoms with Gasteiger partial charge in [-0.3, -0.25) is 14.5 Å². The smallest absolute Gasteiger partial charge is 0.229 e. The van der Waals surface area contributed by atoms with Crippen LogP contribution in [0.15, 0.2) is 0 Å². The summed E-state index contributed by atoms with van der Waals surface area (Å²) in [5.41, 5.74) is -0.0144. The summed E-state index contributed by atoms with van der Waals surface area (Å²) in [6.07, 6.45) is 5.50. The molecule has 2 saturated heterocycles. The van der Waals surface area contributed by atoms with Crippen LogP contribution in [0.3, 0.4) is 0 Å². The van der Waals surface area contributed by atoms with Gasteiger partial charge in [0, 0.05) is 19.4 Å². The molecule has 3 aliphatic rings. The van der Waals surface area contributed by atoms with Gasteiger partial charge in [0.25, 0.3) is 0 Å². The van der Waals surface area contributed by atoms with E-state index < -0.39 is 0 Å². The fourth-order valence-corrected chi connectivity index (χ4v) is 3.11. The third-order valence-corrected chi connectivity index (χ3v) is 4.46. The Bertz CT molecular complexity index is 323. The Hall–Kier alpha value is -0.900. The molecule has 1 spiro atoms. The van der Waals surface area contributed by atoms with Crippen molar-refractivity contribution in [1.82, 2.24) is 10.2 Å².